The van der Waals surface area contributed by atoms with Crippen molar-refractivity contribution in [2.45, 2.75) is 19.8 Å². The van der Waals surface area contributed by atoms with Crippen LogP contribution in [0.3, 0.4) is 0 Å². The number of nitrogens with one attached hydrogen (secondary N) is 1. The van der Waals surface area contributed by atoms with Gasteiger partial charge in [0.2, 0.25) is 0 Å². The average molecular weight is 155 g/mol. The molecule has 0 saturated carbocycles. The van der Waals surface area contributed by atoms with Crippen LogP contribution in [-0.4, -0.2) is 14.9 Å². The first-order chi connectivity index (χ1) is 5.24. The van der Waals surface area contributed by atoms with E-state index < -0.39 is 4.92 Å². The number of rotatable bonds is 3. The van der Waals surface area contributed by atoms with Gasteiger partial charge in [-0.3, -0.25) is 0 Å². The standard InChI is InChI=1S/C6H9N3O2/c1-2-3-5-4-7-6(8-5)9(10)11/h4H,2-3H2,1H3,(H,7,8). The van der Waals surface area contributed by atoms with Crippen LogP contribution >= 0.6 is 0 Å². The lowest BCUT2D eigenvalue weighted by atomic mass is 10.3. The largest absolute Gasteiger partial charge is 0.432 e. The Morgan fingerprint density at radius 2 is 2.55 bits per heavy atom. The predicted molar refractivity (Wildman–Crippen MR) is 39.2 cm³/mol. The van der Waals surface area contributed by atoms with Crippen LogP contribution in [0.25, 0.3) is 0 Å². The van der Waals surface area contributed by atoms with Crippen LogP contribution in [0.5, 0.6) is 0 Å². The second kappa shape index (κ2) is 3.14. The smallest absolute Gasteiger partial charge is 0.390 e. The maximum Gasteiger partial charge on any atom is 0.432 e. The van der Waals surface area contributed by atoms with Gasteiger partial charge < -0.3 is 10.1 Å². The van der Waals surface area contributed by atoms with E-state index >= 15 is 0 Å². The summed E-state index contributed by atoms with van der Waals surface area (Å²) in [5, 5.41) is 10.1. The zero-order chi connectivity index (χ0) is 8.27. The van der Waals surface area contributed by atoms with Gasteiger partial charge in [-0.2, -0.15) is 0 Å². The highest BCUT2D eigenvalue weighted by Crippen LogP contribution is 2.05. The Labute approximate surface area is 63.6 Å². The van der Waals surface area contributed by atoms with E-state index in [1.807, 2.05) is 6.92 Å². The molecule has 11 heavy (non-hydrogen) atoms. The number of nitro groups is 1. The van der Waals surface area contributed by atoms with E-state index in [9.17, 15) is 10.1 Å². The molecule has 0 radical (unpaired) electrons. The van der Waals surface area contributed by atoms with Crippen LogP contribution in [0.4, 0.5) is 5.95 Å². The van der Waals surface area contributed by atoms with E-state index in [2.05, 4.69) is 9.97 Å². The van der Waals surface area contributed by atoms with Gasteiger partial charge >= 0.3 is 5.95 Å². The van der Waals surface area contributed by atoms with Crippen molar-refractivity contribution < 1.29 is 4.92 Å². The molecule has 0 atom stereocenters. The van der Waals surface area contributed by atoms with Crippen molar-refractivity contribution in [1.82, 2.24) is 9.97 Å². The minimum Gasteiger partial charge on any atom is -0.390 e. The molecule has 0 bridgehead atoms. The molecule has 0 aliphatic carbocycles. The fraction of sp³-hybridized carbons (Fsp3) is 0.500. The summed E-state index contributed by atoms with van der Waals surface area (Å²) in [6.45, 7) is 2.01. The molecule has 5 heteroatoms. The summed E-state index contributed by atoms with van der Waals surface area (Å²) in [4.78, 5) is 15.8. The van der Waals surface area contributed by atoms with E-state index in [1.54, 1.807) is 0 Å². The summed E-state index contributed by atoms with van der Waals surface area (Å²) in [7, 11) is 0. The SMILES string of the molecule is CCCc1cnc([N+](=O)[O-])[nH]1. The third-order valence-electron chi connectivity index (χ3n) is 1.31. The van der Waals surface area contributed by atoms with Crippen molar-refractivity contribution in [2.75, 3.05) is 0 Å². The highest BCUT2D eigenvalue weighted by atomic mass is 16.6. The number of nitrogens with zero attached hydrogens (tertiary/aromatic N) is 2. The second-order valence-corrected chi connectivity index (χ2v) is 2.24. The van der Waals surface area contributed by atoms with Crippen molar-refractivity contribution in [2.24, 2.45) is 0 Å². The summed E-state index contributed by atoms with van der Waals surface area (Å²) >= 11 is 0. The molecule has 0 aromatic carbocycles. The van der Waals surface area contributed by atoms with Crippen molar-refractivity contribution in [3.05, 3.63) is 22.0 Å². The highest BCUT2D eigenvalue weighted by molar-refractivity contribution is 5.10. The lowest BCUT2D eigenvalue weighted by Gasteiger charge is -1.87. The van der Waals surface area contributed by atoms with Gasteiger partial charge in [-0.15, -0.1) is 0 Å². The van der Waals surface area contributed by atoms with E-state index in [4.69, 9.17) is 0 Å². The predicted octanol–water partition coefficient (Wildman–Crippen LogP) is 1.27. The highest BCUT2D eigenvalue weighted by Gasteiger charge is 2.08. The first kappa shape index (κ1) is 7.71. The van der Waals surface area contributed by atoms with Gasteiger partial charge in [0.25, 0.3) is 0 Å². The number of aryl methyl sites for hydroxylation is 1. The maximum atomic E-state index is 10.1. The quantitative estimate of drug-likeness (QED) is 0.527. The lowest BCUT2D eigenvalue weighted by molar-refractivity contribution is -0.393. The van der Waals surface area contributed by atoms with Gasteiger partial charge in [-0.05, 0) is 11.3 Å². The fourth-order valence-corrected chi connectivity index (χ4v) is 0.836. The Kier molecular flexibility index (Phi) is 2.20. The van der Waals surface area contributed by atoms with Gasteiger partial charge in [-0.25, -0.2) is 4.98 Å². The van der Waals surface area contributed by atoms with Crippen LogP contribution < -0.4 is 0 Å². The van der Waals surface area contributed by atoms with Gasteiger partial charge in [0.15, 0.2) is 0 Å². The van der Waals surface area contributed by atoms with Crippen LogP contribution in [0, 0.1) is 10.1 Å². The maximum absolute atomic E-state index is 10.1. The van der Waals surface area contributed by atoms with Crippen molar-refractivity contribution in [3.8, 4) is 0 Å². The molecule has 1 N–H and O–H groups in total. The number of aromatic nitrogens is 2. The summed E-state index contributed by atoms with van der Waals surface area (Å²) in [5.41, 5.74) is 0.819. The third-order valence-corrected chi connectivity index (χ3v) is 1.31. The minimum absolute atomic E-state index is 0.173. The summed E-state index contributed by atoms with van der Waals surface area (Å²) < 4.78 is 0. The molecular weight excluding hydrogens is 146 g/mol. The number of hydrogen-bond donors (Lipinski definition) is 1. The number of H-pyrrole nitrogens is 1. The summed E-state index contributed by atoms with van der Waals surface area (Å²) in [5.74, 6) is -0.173. The number of imidazole rings is 1. The summed E-state index contributed by atoms with van der Waals surface area (Å²) in [6.07, 6.45) is 3.27. The molecule has 0 amide bonds. The van der Waals surface area contributed by atoms with Gasteiger partial charge in [0, 0.05) is 6.42 Å². The van der Waals surface area contributed by atoms with Gasteiger partial charge in [0.05, 0.1) is 0 Å². The first-order valence-electron chi connectivity index (χ1n) is 3.42. The monoisotopic (exact) mass is 155 g/mol. The van der Waals surface area contributed by atoms with Crippen molar-refractivity contribution >= 4 is 5.95 Å². The first-order valence-corrected chi connectivity index (χ1v) is 3.42. The molecule has 0 unspecified atom stereocenters. The molecular formula is C6H9N3O2. The van der Waals surface area contributed by atoms with Crippen LogP contribution in [0.15, 0.2) is 6.20 Å². The van der Waals surface area contributed by atoms with Crippen molar-refractivity contribution in [3.63, 3.8) is 0 Å². The zero-order valence-electron chi connectivity index (χ0n) is 6.20. The minimum atomic E-state index is -0.529. The molecule has 1 aromatic heterocycles. The van der Waals surface area contributed by atoms with Gasteiger partial charge in [-0.1, -0.05) is 11.9 Å². The van der Waals surface area contributed by atoms with Crippen LogP contribution in [0.1, 0.15) is 19.0 Å². The Morgan fingerprint density at radius 3 is 3.00 bits per heavy atom. The molecule has 60 valence electrons. The molecule has 0 saturated heterocycles. The van der Waals surface area contributed by atoms with Crippen LogP contribution in [-0.2, 0) is 6.42 Å². The Morgan fingerprint density at radius 1 is 1.82 bits per heavy atom. The average Bonchev–Trinajstić information content (AvgIpc) is 2.37. The molecule has 0 spiro atoms. The molecule has 1 aromatic rings. The van der Waals surface area contributed by atoms with E-state index in [-0.39, 0.29) is 5.95 Å². The van der Waals surface area contributed by atoms with Crippen molar-refractivity contribution in [1.29, 1.82) is 0 Å². The zero-order valence-corrected chi connectivity index (χ0v) is 6.20. The Hall–Kier alpha value is -1.39. The Balaban J connectivity index is 2.73. The van der Waals surface area contributed by atoms with E-state index in [0.29, 0.717) is 0 Å². The molecule has 1 heterocycles. The fourth-order valence-electron chi connectivity index (χ4n) is 0.836. The second-order valence-electron chi connectivity index (χ2n) is 2.24. The topological polar surface area (TPSA) is 71.8 Å². The van der Waals surface area contributed by atoms with Crippen LogP contribution in [0.2, 0.25) is 0 Å². The molecule has 0 aliphatic rings. The molecule has 0 fully saturated rings. The summed E-state index contributed by atoms with van der Waals surface area (Å²) in [6, 6.07) is 0. The molecule has 0 aliphatic heterocycles. The molecule has 5 nitrogen and oxygen atoms in total. The van der Waals surface area contributed by atoms with Gasteiger partial charge in [0.1, 0.15) is 11.9 Å². The Bertz CT molecular complexity index is 256. The van der Waals surface area contributed by atoms with E-state index in [0.717, 1.165) is 18.5 Å². The number of aromatic amines is 1. The van der Waals surface area contributed by atoms with E-state index in [1.165, 1.54) is 6.20 Å². The third kappa shape index (κ3) is 1.76. The number of hydrogen-bond acceptors (Lipinski definition) is 3. The molecule has 1 rings (SSSR count). The lowest BCUT2D eigenvalue weighted by Crippen LogP contribution is -1.90. The normalized spacial score (nSPS) is 9.91.